The first-order valence-corrected chi connectivity index (χ1v) is 7.77. The molecule has 1 atom stereocenters. The number of benzene rings is 1. The number of rotatable bonds is 4. The Morgan fingerprint density at radius 1 is 1.14 bits per heavy atom. The average molecular weight is 293 g/mol. The summed E-state index contributed by atoms with van der Waals surface area (Å²) in [5.41, 5.74) is 7.51. The van der Waals surface area contributed by atoms with Crippen LogP contribution >= 0.6 is 0 Å². The Hall–Kier alpha value is -1.01. The van der Waals surface area contributed by atoms with E-state index in [0.29, 0.717) is 12.6 Å². The predicted molar refractivity (Wildman–Crippen MR) is 80.4 cm³/mol. The highest BCUT2D eigenvalue weighted by molar-refractivity contribution is 5.24. The van der Waals surface area contributed by atoms with Gasteiger partial charge in [-0.15, -0.1) is 0 Å². The summed E-state index contributed by atoms with van der Waals surface area (Å²) in [5, 5.41) is 0. The molecule has 1 unspecified atom stereocenters. The summed E-state index contributed by atoms with van der Waals surface area (Å²) < 4.78 is 19.0. The maximum absolute atomic E-state index is 13.6. The van der Waals surface area contributed by atoms with Crippen molar-refractivity contribution in [3.63, 3.8) is 0 Å². The maximum atomic E-state index is 13.6. The van der Waals surface area contributed by atoms with E-state index >= 15 is 0 Å². The number of nitrogens with two attached hydrogens (primary N) is 1. The van der Waals surface area contributed by atoms with E-state index in [9.17, 15) is 4.39 Å². The van der Waals surface area contributed by atoms with Crippen molar-refractivity contribution in [2.45, 2.75) is 25.6 Å². The molecule has 4 nitrogen and oxygen atoms in total. The highest BCUT2D eigenvalue weighted by atomic mass is 19.1. The first-order chi connectivity index (χ1) is 10.2. The van der Waals surface area contributed by atoms with E-state index in [1.165, 1.54) is 12.5 Å². The Labute approximate surface area is 125 Å². The Kier molecular flexibility index (Phi) is 4.85. The van der Waals surface area contributed by atoms with Crippen LogP contribution in [0.15, 0.2) is 18.2 Å². The van der Waals surface area contributed by atoms with E-state index in [-0.39, 0.29) is 5.82 Å². The second kappa shape index (κ2) is 6.83. The van der Waals surface area contributed by atoms with E-state index in [1.54, 1.807) is 6.07 Å². The first-order valence-electron chi connectivity index (χ1n) is 7.77. The van der Waals surface area contributed by atoms with E-state index in [0.717, 1.165) is 57.1 Å². The zero-order valence-electron chi connectivity index (χ0n) is 12.4. The Morgan fingerprint density at radius 3 is 2.67 bits per heavy atom. The van der Waals surface area contributed by atoms with E-state index < -0.39 is 0 Å². The largest absolute Gasteiger partial charge is 0.379 e. The average Bonchev–Trinajstić information content (AvgIpc) is 2.96. The highest BCUT2D eigenvalue weighted by Gasteiger charge is 2.28. The van der Waals surface area contributed by atoms with Gasteiger partial charge in [0, 0.05) is 45.3 Å². The fraction of sp³-hybridized carbons (Fsp3) is 0.625. The summed E-state index contributed by atoms with van der Waals surface area (Å²) >= 11 is 0. The Bertz CT molecular complexity index is 477. The van der Waals surface area contributed by atoms with Crippen LogP contribution in [0.25, 0.3) is 0 Å². The van der Waals surface area contributed by atoms with Gasteiger partial charge in [-0.05, 0) is 29.7 Å². The Balaban J connectivity index is 1.58. The predicted octanol–water partition coefficient (Wildman–Crippen LogP) is 1.19. The molecule has 0 aromatic heterocycles. The van der Waals surface area contributed by atoms with Gasteiger partial charge in [-0.2, -0.15) is 0 Å². The smallest absolute Gasteiger partial charge is 0.123 e. The number of hydrogen-bond donors (Lipinski definition) is 1. The van der Waals surface area contributed by atoms with E-state index in [2.05, 4.69) is 9.80 Å². The molecule has 21 heavy (non-hydrogen) atoms. The quantitative estimate of drug-likeness (QED) is 0.905. The fourth-order valence-corrected chi connectivity index (χ4v) is 3.38. The van der Waals surface area contributed by atoms with Crippen LogP contribution in [0.5, 0.6) is 0 Å². The molecule has 2 N–H and O–H groups in total. The zero-order valence-corrected chi connectivity index (χ0v) is 12.4. The van der Waals surface area contributed by atoms with Crippen LogP contribution in [0.3, 0.4) is 0 Å². The lowest BCUT2D eigenvalue weighted by Crippen LogP contribution is -2.44. The van der Waals surface area contributed by atoms with Crippen LogP contribution in [0.4, 0.5) is 4.39 Å². The van der Waals surface area contributed by atoms with Crippen molar-refractivity contribution in [2.24, 2.45) is 5.73 Å². The van der Waals surface area contributed by atoms with Crippen LogP contribution in [0.2, 0.25) is 0 Å². The van der Waals surface area contributed by atoms with Crippen molar-refractivity contribution in [3.8, 4) is 0 Å². The molecule has 0 spiro atoms. The molecule has 2 aliphatic heterocycles. The third-order valence-electron chi connectivity index (χ3n) is 4.47. The molecule has 1 aromatic rings. The lowest BCUT2D eigenvalue weighted by Gasteiger charge is -2.32. The van der Waals surface area contributed by atoms with Gasteiger partial charge in [-0.25, -0.2) is 4.39 Å². The molecule has 2 saturated heterocycles. The monoisotopic (exact) mass is 293 g/mol. The third-order valence-corrected chi connectivity index (χ3v) is 4.47. The standard InChI is InChI=1S/C16H24FN3O/c17-15-8-13(10-18)7-14(9-15)11-19-2-1-16(12-19)20-3-5-21-6-4-20/h7-9,16H,1-6,10-12,18H2. The van der Waals surface area contributed by atoms with Crippen molar-refractivity contribution in [1.82, 2.24) is 9.80 Å². The molecule has 0 aliphatic carbocycles. The molecule has 2 heterocycles. The molecule has 5 heteroatoms. The molecule has 0 saturated carbocycles. The van der Waals surface area contributed by atoms with Gasteiger partial charge >= 0.3 is 0 Å². The molecular weight excluding hydrogens is 269 g/mol. The van der Waals surface area contributed by atoms with Crippen molar-refractivity contribution in [3.05, 3.63) is 35.1 Å². The summed E-state index contributed by atoms with van der Waals surface area (Å²) in [6.07, 6.45) is 1.19. The van der Waals surface area contributed by atoms with E-state index in [1.807, 2.05) is 6.07 Å². The van der Waals surface area contributed by atoms with Crippen molar-refractivity contribution >= 4 is 0 Å². The third kappa shape index (κ3) is 3.80. The summed E-state index contributed by atoms with van der Waals surface area (Å²) in [6.45, 7) is 7.11. The fourth-order valence-electron chi connectivity index (χ4n) is 3.38. The highest BCUT2D eigenvalue weighted by Crippen LogP contribution is 2.20. The number of hydrogen-bond acceptors (Lipinski definition) is 4. The lowest BCUT2D eigenvalue weighted by atomic mass is 10.1. The van der Waals surface area contributed by atoms with Gasteiger partial charge in [-0.3, -0.25) is 9.80 Å². The van der Waals surface area contributed by atoms with Gasteiger partial charge in [0.15, 0.2) is 0 Å². The molecule has 0 bridgehead atoms. The van der Waals surface area contributed by atoms with Crippen LogP contribution in [-0.2, 0) is 17.8 Å². The summed E-state index contributed by atoms with van der Waals surface area (Å²) in [5.74, 6) is -0.183. The molecule has 3 rings (SSSR count). The van der Waals surface area contributed by atoms with Gasteiger partial charge < -0.3 is 10.5 Å². The second-order valence-electron chi connectivity index (χ2n) is 6.00. The minimum atomic E-state index is -0.183. The molecular formula is C16H24FN3O. The maximum Gasteiger partial charge on any atom is 0.123 e. The zero-order chi connectivity index (χ0) is 14.7. The van der Waals surface area contributed by atoms with Crippen LogP contribution in [-0.4, -0.2) is 55.2 Å². The van der Waals surface area contributed by atoms with Gasteiger partial charge in [0.05, 0.1) is 13.2 Å². The van der Waals surface area contributed by atoms with Crippen LogP contribution < -0.4 is 5.73 Å². The Morgan fingerprint density at radius 2 is 1.90 bits per heavy atom. The van der Waals surface area contributed by atoms with Crippen LogP contribution in [0, 0.1) is 5.82 Å². The molecule has 1 aromatic carbocycles. The molecule has 0 amide bonds. The number of likely N-dealkylation sites (tertiary alicyclic amines) is 1. The molecule has 2 aliphatic rings. The first kappa shape index (κ1) is 14.9. The number of morpholine rings is 1. The topological polar surface area (TPSA) is 41.7 Å². The lowest BCUT2D eigenvalue weighted by molar-refractivity contribution is 0.0184. The number of halogens is 1. The van der Waals surface area contributed by atoms with Crippen LogP contribution in [0.1, 0.15) is 17.5 Å². The molecule has 0 radical (unpaired) electrons. The summed E-state index contributed by atoms with van der Waals surface area (Å²) in [7, 11) is 0. The van der Waals surface area contributed by atoms with Crippen molar-refractivity contribution < 1.29 is 9.13 Å². The summed E-state index contributed by atoms with van der Waals surface area (Å²) in [4.78, 5) is 4.94. The molecule has 2 fully saturated rings. The van der Waals surface area contributed by atoms with Gasteiger partial charge in [-0.1, -0.05) is 6.07 Å². The minimum Gasteiger partial charge on any atom is -0.379 e. The summed E-state index contributed by atoms with van der Waals surface area (Å²) in [6, 6.07) is 5.78. The number of ether oxygens (including phenoxy) is 1. The molecule has 116 valence electrons. The van der Waals surface area contributed by atoms with Gasteiger partial charge in [0.25, 0.3) is 0 Å². The minimum absolute atomic E-state index is 0.183. The SMILES string of the molecule is NCc1cc(F)cc(CN2CCC(N3CCOCC3)C2)c1. The van der Waals surface area contributed by atoms with Crippen molar-refractivity contribution in [2.75, 3.05) is 39.4 Å². The number of nitrogens with zero attached hydrogens (tertiary/aromatic N) is 2. The van der Waals surface area contributed by atoms with E-state index in [4.69, 9.17) is 10.5 Å². The normalized spacial score (nSPS) is 24.6. The van der Waals surface area contributed by atoms with Gasteiger partial charge in [0.2, 0.25) is 0 Å². The second-order valence-corrected chi connectivity index (χ2v) is 6.00. The van der Waals surface area contributed by atoms with Gasteiger partial charge in [0.1, 0.15) is 5.82 Å². The van der Waals surface area contributed by atoms with Crippen molar-refractivity contribution in [1.29, 1.82) is 0 Å².